The molecule has 0 aliphatic carbocycles. The Labute approximate surface area is 172 Å². The average Bonchev–Trinajstić information content (AvgIpc) is 2.68. The molecule has 6 heteroatoms. The molecular formula is C22H44O6. The molecule has 0 aromatic heterocycles. The van der Waals surface area contributed by atoms with Crippen molar-refractivity contribution in [2.45, 2.75) is 92.9 Å². The molecule has 0 amide bonds. The number of rotatable bonds is 14. The van der Waals surface area contributed by atoms with Crippen LogP contribution in [-0.2, 0) is 19.1 Å². The lowest BCUT2D eigenvalue weighted by atomic mass is 9.79. The lowest BCUT2D eigenvalue weighted by Crippen LogP contribution is -2.42. The first-order chi connectivity index (χ1) is 13.3. The number of esters is 2. The predicted molar refractivity (Wildman–Crippen MR) is 112 cm³/mol. The van der Waals surface area contributed by atoms with Crippen molar-refractivity contribution in [1.82, 2.24) is 0 Å². The molecule has 0 aromatic carbocycles. The Hall–Kier alpha value is -1.14. The van der Waals surface area contributed by atoms with E-state index < -0.39 is 17.4 Å². The molecule has 0 fully saturated rings. The lowest BCUT2D eigenvalue weighted by molar-refractivity contribution is -0.173. The highest BCUT2D eigenvalue weighted by Gasteiger charge is 2.47. The van der Waals surface area contributed by atoms with Crippen LogP contribution in [0.5, 0.6) is 0 Å². The van der Waals surface area contributed by atoms with E-state index in [0.29, 0.717) is 12.8 Å². The first-order valence-corrected chi connectivity index (χ1v) is 10.9. The molecule has 0 saturated heterocycles. The summed E-state index contributed by atoms with van der Waals surface area (Å²) in [6, 6.07) is 0. The van der Waals surface area contributed by atoms with Crippen LogP contribution in [0, 0.1) is 10.8 Å². The maximum atomic E-state index is 12.0. The maximum Gasteiger partial charge on any atom is 0.323 e. The van der Waals surface area contributed by atoms with Gasteiger partial charge in [0.1, 0.15) is 0 Å². The molecule has 0 unspecified atom stereocenters. The molecule has 0 aromatic rings. The molecule has 28 heavy (non-hydrogen) atoms. The minimum atomic E-state index is -1.10. The van der Waals surface area contributed by atoms with Gasteiger partial charge in [0, 0.05) is 5.41 Å². The SMILES string of the molecule is CCCC(CCC)(C(=O)OCC)C(=O)OCC.CCCC(CO)(CO)CCC. The molecule has 0 radical (unpaired) electrons. The molecule has 0 heterocycles. The third kappa shape index (κ3) is 9.37. The van der Waals surface area contributed by atoms with Gasteiger partial charge in [0.15, 0.2) is 5.41 Å². The van der Waals surface area contributed by atoms with Gasteiger partial charge in [-0.2, -0.15) is 0 Å². The van der Waals surface area contributed by atoms with Crippen molar-refractivity contribution in [2.24, 2.45) is 10.8 Å². The zero-order valence-electron chi connectivity index (χ0n) is 19.0. The Morgan fingerprint density at radius 3 is 1.18 bits per heavy atom. The van der Waals surface area contributed by atoms with E-state index in [9.17, 15) is 9.59 Å². The summed E-state index contributed by atoms with van der Waals surface area (Å²) in [5.74, 6) is -0.885. The summed E-state index contributed by atoms with van der Waals surface area (Å²) in [6.07, 6.45) is 6.37. The monoisotopic (exact) mass is 404 g/mol. The van der Waals surface area contributed by atoms with Gasteiger partial charge in [0.2, 0.25) is 0 Å². The topological polar surface area (TPSA) is 93.1 Å². The third-order valence-corrected chi connectivity index (χ3v) is 4.92. The molecule has 0 rings (SSSR count). The molecule has 2 N–H and O–H groups in total. The van der Waals surface area contributed by atoms with Crippen LogP contribution in [0.1, 0.15) is 92.9 Å². The summed E-state index contributed by atoms with van der Waals surface area (Å²) in [6.45, 7) is 12.3. The highest BCUT2D eigenvalue weighted by molar-refractivity contribution is 6.00. The number of aliphatic hydroxyl groups excluding tert-OH is 2. The van der Waals surface area contributed by atoms with Crippen LogP contribution in [0.15, 0.2) is 0 Å². The third-order valence-electron chi connectivity index (χ3n) is 4.92. The van der Waals surface area contributed by atoms with Gasteiger partial charge in [-0.25, -0.2) is 0 Å². The fourth-order valence-electron chi connectivity index (χ4n) is 3.56. The number of carbonyl (C=O) groups excluding carboxylic acids is 2. The van der Waals surface area contributed by atoms with Crippen LogP contribution < -0.4 is 0 Å². The van der Waals surface area contributed by atoms with Crippen molar-refractivity contribution in [2.75, 3.05) is 26.4 Å². The Morgan fingerprint density at radius 2 is 0.964 bits per heavy atom. The van der Waals surface area contributed by atoms with Gasteiger partial charge in [0.25, 0.3) is 0 Å². The average molecular weight is 405 g/mol. The molecule has 0 bridgehead atoms. The van der Waals surface area contributed by atoms with Crippen LogP contribution in [0.2, 0.25) is 0 Å². The van der Waals surface area contributed by atoms with Gasteiger partial charge in [-0.3, -0.25) is 9.59 Å². The van der Waals surface area contributed by atoms with Crippen molar-refractivity contribution in [3.05, 3.63) is 0 Å². The van der Waals surface area contributed by atoms with Crippen LogP contribution in [0.3, 0.4) is 0 Å². The van der Waals surface area contributed by atoms with Gasteiger partial charge in [-0.15, -0.1) is 0 Å². The molecule has 6 nitrogen and oxygen atoms in total. The van der Waals surface area contributed by atoms with Crippen LogP contribution >= 0.6 is 0 Å². The summed E-state index contributed by atoms with van der Waals surface area (Å²) in [5.41, 5.74) is -1.31. The first kappa shape index (κ1) is 29.1. The van der Waals surface area contributed by atoms with Crippen molar-refractivity contribution in [1.29, 1.82) is 0 Å². The van der Waals surface area contributed by atoms with Crippen LogP contribution in [0.4, 0.5) is 0 Å². The number of aliphatic hydroxyl groups is 2. The number of ether oxygens (including phenoxy) is 2. The van der Waals surface area contributed by atoms with Gasteiger partial charge in [-0.1, -0.05) is 53.4 Å². The van der Waals surface area contributed by atoms with Crippen molar-refractivity contribution in [3.8, 4) is 0 Å². The molecule has 168 valence electrons. The quantitative estimate of drug-likeness (QED) is 0.332. The Morgan fingerprint density at radius 1 is 0.643 bits per heavy atom. The van der Waals surface area contributed by atoms with Crippen molar-refractivity contribution < 1.29 is 29.3 Å². The molecule has 0 saturated carbocycles. The maximum absolute atomic E-state index is 12.0. The van der Waals surface area contributed by atoms with Crippen molar-refractivity contribution >= 4 is 11.9 Å². The zero-order valence-corrected chi connectivity index (χ0v) is 19.0. The van der Waals surface area contributed by atoms with Gasteiger partial charge in [-0.05, 0) is 39.5 Å². The number of hydrogen-bond donors (Lipinski definition) is 2. The fourth-order valence-corrected chi connectivity index (χ4v) is 3.56. The lowest BCUT2D eigenvalue weighted by Gasteiger charge is -2.28. The Kier molecular flexibility index (Phi) is 17.4. The second-order valence-corrected chi connectivity index (χ2v) is 7.34. The molecule has 0 aliphatic rings. The van der Waals surface area contributed by atoms with Gasteiger partial charge in [0.05, 0.1) is 26.4 Å². The normalized spacial score (nSPS) is 11.4. The summed E-state index contributed by atoms with van der Waals surface area (Å²) in [5, 5.41) is 18.2. The highest BCUT2D eigenvalue weighted by atomic mass is 16.6. The van der Waals surface area contributed by atoms with E-state index in [0.717, 1.165) is 38.5 Å². The van der Waals surface area contributed by atoms with E-state index in [4.69, 9.17) is 19.7 Å². The van der Waals surface area contributed by atoms with E-state index in [1.54, 1.807) is 13.8 Å². The number of carbonyl (C=O) groups is 2. The largest absolute Gasteiger partial charge is 0.465 e. The Balaban J connectivity index is 0. The summed E-state index contributed by atoms with van der Waals surface area (Å²) < 4.78 is 10.1. The van der Waals surface area contributed by atoms with Crippen molar-refractivity contribution in [3.63, 3.8) is 0 Å². The van der Waals surface area contributed by atoms with Gasteiger partial charge >= 0.3 is 11.9 Å². The predicted octanol–water partition coefficient (Wildman–Crippen LogP) is 4.26. The van der Waals surface area contributed by atoms with Crippen LogP contribution in [0.25, 0.3) is 0 Å². The second-order valence-electron chi connectivity index (χ2n) is 7.34. The summed E-state index contributed by atoms with van der Waals surface area (Å²) in [7, 11) is 0. The van der Waals surface area contributed by atoms with E-state index in [1.165, 1.54) is 0 Å². The molecule has 0 atom stereocenters. The van der Waals surface area contributed by atoms with E-state index in [2.05, 4.69) is 13.8 Å². The Bertz CT molecular complexity index is 370. The molecular weight excluding hydrogens is 360 g/mol. The zero-order chi connectivity index (χ0) is 22.1. The standard InChI is InChI=1S/C13H24O4.C9H20O2/c1-5-9-13(10-6-2,11(14)16-7-3)12(15)17-8-4;1-3-5-9(7-10,8-11)6-4-2/h5-10H2,1-4H3;10-11H,3-8H2,1-2H3. The molecule has 0 spiro atoms. The number of hydrogen-bond acceptors (Lipinski definition) is 6. The minimum Gasteiger partial charge on any atom is -0.465 e. The van der Waals surface area contributed by atoms with E-state index in [1.807, 2.05) is 13.8 Å². The first-order valence-electron chi connectivity index (χ1n) is 10.9. The summed E-state index contributed by atoms with van der Waals surface area (Å²) in [4.78, 5) is 24.1. The summed E-state index contributed by atoms with van der Waals surface area (Å²) >= 11 is 0. The van der Waals surface area contributed by atoms with E-state index >= 15 is 0 Å². The van der Waals surface area contributed by atoms with Gasteiger partial charge < -0.3 is 19.7 Å². The molecule has 0 aliphatic heterocycles. The highest BCUT2D eigenvalue weighted by Crippen LogP contribution is 2.33. The van der Waals surface area contributed by atoms with Crippen LogP contribution in [-0.4, -0.2) is 48.6 Å². The van der Waals surface area contributed by atoms with E-state index in [-0.39, 0.29) is 31.8 Å². The minimum absolute atomic E-state index is 0.116. The smallest absolute Gasteiger partial charge is 0.323 e. The second kappa shape index (κ2) is 16.8. The fraction of sp³-hybridized carbons (Fsp3) is 0.909.